The molecule has 0 saturated carbocycles. The Kier molecular flexibility index (Phi) is 4.54. The number of phenols is 1. The number of nitrogens with zero attached hydrogens (tertiary/aromatic N) is 1. The van der Waals surface area contributed by atoms with E-state index in [1.165, 1.54) is 12.1 Å². The van der Waals surface area contributed by atoms with Gasteiger partial charge in [-0.05, 0) is 18.2 Å². The van der Waals surface area contributed by atoms with Crippen molar-refractivity contribution in [3.8, 4) is 17.2 Å². The van der Waals surface area contributed by atoms with E-state index >= 15 is 0 Å². The first kappa shape index (κ1) is 15.8. The highest BCUT2D eigenvalue weighted by Gasteiger charge is 2.26. The number of aromatic hydroxyl groups is 1. The van der Waals surface area contributed by atoms with Gasteiger partial charge in [0.15, 0.2) is 28.9 Å². The SMILES string of the molecule is Oc1ccccc1Oc1c(F)c(Cl)cc(F)c1N1CCOCC1. The molecule has 0 aliphatic carbocycles. The molecule has 1 fully saturated rings. The molecule has 2 aromatic rings. The van der Waals surface area contributed by atoms with Crippen molar-refractivity contribution in [2.24, 2.45) is 0 Å². The fourth-order valence-electron chi connectivity index (χ4n) is 2.39. The van der Waals surface area contributed by atoms with Crippen molar-refractivity contribution in [3.63, 3.8) is 0 Å². The molecule has 7 heteroatoms. The van der Waals surface area contributed by atoms with Gasteiger partial charge in [-0.1, -0.05) is 23.7 Å². The maximum atomic E-state index is 14.5. The molecule has 0 atom stereocenters. The van der Waals surface area contributed by atoms with Crippen LogP contribution in [0.25, 0.3) is 0 Å². The first-order valence-corrected chi connectivity index (χ1v) is 7.41. The second-order valence-electron chi connectivity index (χ2n) is 5.00. The molecule has 1 aliphatic heterocycles. The summed E-state index contributed by atoms with van der Waals surface area (Å²) in [6.45, 7) is 1.60. The van der Waals surface area contributed by atoms with E-state index in [9.17, 15) is 13.9 Å². The minimum Gasteiger partial charge on any atom is -0.504 e. The van der Waals surface area contributed by atoms with Crippen LogP contribution in [0, 0.1) is 11.6 Å². The van der Waals surface area contributed by atoms with Crippen LogP contribution in [-0.2, 0) is 4.74 Å². The van der Waals surface area contributed by atoms with Crippen LogP contribution in [0.2, 0.25) is 5.02 Å². The Bertz CT molecular complexity index is 721. The normalized spacial score (nSPS) is 14.8. The van der Waals surface area contributed by atoms with Gasteiger partial charge in [-0.2, -0.15) is 0 Å². The first-order valence-electron chi connectivity index (χ1n) is 7.04. The van der Waals surface area contributed by atoms with Crippen LogP contribution in [0.15, 0.2) is 30.3 Å². The minimum absolute atomic E-state index is 0.0163. The Balaban J connectivity index is 2.08. The zero-order valence-corrected chi connectivity index (χ0v) is 12.8. The Morgan fingerprint density at radius 2 is 1.87 bits per heavy atom. The molecule has 1 N–H and O–H groups in total. The summed E-state index contributed by atoms with van der Waals surface area (Å²) >= 11 is 5.74. The number of para-hydroxylation sites is 2. The molecule has 23 heavy (non-hydrogen) atoms. The van der Waals surface area contributed by atoms with Crippen LogP contribution in [-0.4, -0.2) is 31.4 Å². The second-order valence-corrected chi connectivity index (χ2v) is 5.41. The van der Waals surface area contributed by atoms with Crippen molar-refractivity contribution in [1.29, 1.82) is 0 Å². The summed E-state index contributed by atoms with van der Waals surface area (Å²) < 4.78 is 39.5. The van der Waals surface area contributed by atoms with Gasteiger partial charge >= 0.3 is 0 Å². The molecular formula is C16H14ClF2NO3. The van der Waals surface area contributed by atoms with E-state index in [-0.39, 0.29) is 28.0 Å². The van der Waals surface area contributed by atoms with Gasteiger partial charge in [-0.25, -0.2) is 8.78 Å². The van der Waals surface area contributed by atoms with Gasteiger partial charge in [0.1, 0.15) is 5.69 Å². The Labute approximate surface area is 136 Å². The molecule has 1 heterocycles. The maximum Gasteiger partial charge on any atom is 0.191 e. The molecule has 4 nitrogen and oxygen atoms in total. The van der Waals surface area contributed by atoms with Gasteiger partial charge in [0, 0.05) is 13.1 Å². The topological polar surface area (TPSA) is 41.9 Å². The molecule has 0 bridgehead atoms. The molecule has 0 radical (unpaired) electrons. The average Bonchev–Trinajstić information content (AvgIpc) is 2.55. The number of halogens is 3. The number of anilines is 1. The molecule has 0 amide bonds. The third-order valence-electron chi connectivity index (χ3n) is 3.51. The molecule has 122 valence electrons. The highest BCUT2D eigenvalue weighted by atomic mass is 35.5. The summed E-state index contributed by atoms with van der Waals surface area (Å²) in [7, 11) is 0. The van der Waals surface area contributed by atoms with Crippen molar-refractivity contribution >= 4 is 17.3 Å². The van der Waals surface area contributed by atoms with E-state index < -0.39 is 11.6 Å². The van der Waals surface area contributed by atoms with Gasteiger partial charge in [0.25, 0.3) is 0 Å². The van der Waals surface area contributed by atoms with E-state index in [0.717, 1.165) is 6.07 Å². The number of morpholine rings is 1. The van der Waals surface area contributed by atoms with Crippen LogP contribution >= 0.6 is 11.6 Å². The van der Waals surface area contributed by atoms with Crippen molar-refractivity contribution < 1.29 is 23.4 Å². The van der Waals surface area contributed by atoms with Crippen molar-refractivity contribution in [2.75, 3.05) is 31.2 Å². The van der Waals surface area contributed by atoms with E-state index in [0.29, 0.717) is 26.3 Å². The quantitative estimate of drug-likeness (QED) is 0.858. The van der Waals surface area contributed by atoms with Gasteiger partial charge in [0.2, 0.25) is 0 Å². The molecule has 0 aromatic heterocycles. The van der Waals surface area contributed by atoms with Gasteiger partial charge in [-0.3, -0.25) is 0 Å². The Morgan fingerprint density at radius 1 is 1.17 bits per heavy atom. The van der Waals surface area contributed by atoms with Gasteiger partial charge in [-0.15, -0.1) is 0 Å². The molecule has 0 unspecified atom stereocenters. The van der Waals surface area contributed by atoms with Crippen molar-refractivity contribution in [1.82, 2.24) is 0 Å². The number of phenolic OH excluding ortho intramolecular Hbond substituents is 1. The van der Waals surface area contributed by atoms with Crippen molar-refractivity contribution in [3.05, 3.63) is 47.0 Å². The van der Waals surface area contributed by atoms with Crippen LogP contribution in [0.4, 0.5) is 14.5 Å². The van der Waals surface area contributed by atoms with E-state index in [1.54, 1.807) is 17.0 Å². The van der Waals surface area contributed by atoms with E-state index in [1.807, 2.05) is 0 Å². The third-order valence-corrected chi connectivity index (χ3v) is 3.78. The van der Waals surface area contributed by atoms with Crippen LogP contribution < -0.4 is 9.64 Å². The lowest BCUT2D eigenvalue weighted by atomic mass is 10.2. The molecule has 0 spiro atoms. The number of ether oxygens (including phenoxy) is 2. The molecule has 3 rings (SSSR count). The monoisotopic (exact) mass is 341 g/mol. The molecule has 1 saturated heterocycles. The predicted molar refractivity (Wildman–Crippen MR) is 82.6 cm³/mol. The van der Waals surface area contributed by atoms with E-state index in [4.69, 9.17) is 21.1 Å². The zero-order chi connectivity index (χ0) is 16.4. The molecular weight excluding hydrogens is 328 g/mol. The highest BCUT2D eigenvalue weighted by molar-refractivity contribution is 6.31. The fraction of sp³-hybridized carbons (Fsp3) is 0.250. The number of hydrogen-bond donors (Lipinski definition) is 1. The second kappa shape index (κ2) is 6.60. The van der Waals surface area contributed by atoms with E-state index in [2.05, 4.69) is 0 Å². The third kappa shape index (κ3) is 3.18. The number of rotatable bonds is 3. The van der Waals surface area contributed by atoms with Crippen LogP contribution in [0.5, 0.6) is 17.2 Å². The van der Waals surface area contributed by atoms with Gasteiger partial charge < -0.3 is 19.5 Å². The standard InChI is InChI=1S/C16H14ClF2NO3/c17-10-9-11(18)15(20-5-7-22-8-6-20)16(14(10)19)23-13-4-2-1-3-12(13)21/h1-4,9,21H,5-8H2. The zero-order valence-electron chi connectivity index (χ0n) is 12.1. The lowest BCUT2D eigenvalue weighted by Gasteiger charge is -2.30. The summed E-state index contributed by atoms with van der Waals surface area (Å²) in [4.78, 5) is 1.63. The largest absolute Gasteiger partial charge is 0.504 e. The minimum atomic E-state index is -0.877. The Hall–Kier alpha value is -2.05. The smallest absolute Gasteiger partial charge is 0.191 e. The summed E-state index contributed by atoms with van der Waals surface area (Å²) in [6, 6.07) is 6.97. The lowest BCUT2D eigenvalue weighted by molar-refractivity contribution is 0.122. The summed E-state index contributed by atoms with van der Waals surface area (Å²) in [5.74, 6) is -2.08. The average molecular weight is 342 g/mol. The number of hydrogen-bond acceptors (Lipinski definition) is 4. The van der Waals surface area contributed by atoms with Crippen LogP contribution in [0.1, 0.15) is 0 Å². The molecule has 2 aromatic carbocycles. The Morgan fingerprint density at radius 3 is 2.57 bits per heavy atom. The molecule has 1 aliphatic rings. The summed E-state index contributed by atoms with van der Waals surface area (Å²) in [6.07, 6.45) is 0. The lowest BCUT2D eigenvalue weighted by Crippen LogP contribution is -2.37. The first-order chi connectivity index (χ1) is 11.1. The maximum absolute atomic E-state index is 14.5. The highest BCUT2D eigenvalue weighted by Crippen LogP contribution is 2.42. The van der Waals surface area contributed by atoms with Crippen LogP contribution in [0.3, 0.4) is 0 Å². The van der Waals surface area contributed by atoms with Gasteiger partial charge in [0.05, 0.1) is 18.2 Å². The van der Waals surface area contributed by atoms with Crippen molar-refractivity contribution in [2.45, 2.75) is 0 Å². The number of benzene rings is 2. The fourth-order valence-corrected chi connectivity index (χ4v) is 2.57. The predicted octanol–water partition coefficient (Wildman–Crippen LogP) is 3.95. The summed E-state index contributed by atoms with van der Waals surface area (Å²) in [5, 5.41) is 9.41. The summed E-state index contributed by atoms with van der Waals surface area (Å²) in [5.41, 5.74) is -0.0292.